The van der Waals surface area contributed by atoms with Crippen molar-refractivity contribution < 1.29 is 14.3 Å². The van der Waals surface area contributed by atoms with E-state index in [2.05, 4.69) is 15.1 Å². The molecule has 0 aliphatic carbocycles. The standard InChI is InChI=1S/C13H14N4O3S/c1-3-20-12(19)8-21-13-14-5-4-11(16-13)17-7-10(6-15-17)9(2)18/h4-7H,3,8H2,1-2H3. The maximum Gasteiger partial charge on any atom is 0.316 e. The molecule has 0 spiro atoms. The third-order valence-corrected chi connectivity index (χ3v) is 3.30. The first-order valence-corrected chi connectivity index (χ1v) is 7.26. The Morgan fingerprint density at radius 2 is 2.24 bits per heavy atom. The summed E-state index contributed by atoms with van der Waals surface area (Å²) in [7, 11) is 0. The average molecular weight is 306 g/mol. The van der Waals surface area contributed by atoms with Crippen LogP contribution in [0.5, 0.6) is 0 Å². The van der Waals surface area contributed by atoms with Gasteiger partial charge < -0.3 is 4.74 Å². The highest BCUT2D eigenvalue weighted by Crippen LogP contribution is 2.14. The lowest BCUT2D eigenvalue weighted by Gasteiger charge is -2.03. The number of rotatable bonds is 6. The predicted octanol–water partition coefficient (Wildman–Crippen LogP) is 1.52. The summed E-state index contributed by atoms with van der Waals surface area (Å²) in [6, 6.07) is 1.67. The van der Waals surface area contributed by atoms with Gasteiger partial charge in [-0.05, 0) is 13.8 Å². The van der Waals surface area contributed by atoms with E-state index in [1.165, 1.54) is 29.6 Å². The monoisotopic (exact) mass is 306 g/mol. The SMILES string of the molecule is CCOC(=O)CSc1nccc(-n2cc(C(C)=O)cn2)n1. The largest absolute Gasteiger partial charge is 0.465 e. The van der Waals surface area contributed by atoms with Crippen LogP contribution in [-0.4, -0.2) is 43.9 Å². The summed E-state index contributed by atoms with van der Waals surface area (Å²) >= 11 is 1.19. The van der Waals surface area contributed by atoms with Crippen molar-refractivity contribution in [3.05, 3.63) is 30.2 Å². The summed E-state index contributed by atoms with van der Waals surface area (Å²) in [6.07, 6.45) is 4.66. The van der Waals surface area contributed by atoms with E-state index in [-0.39, 0.29) is 17.5 Å². The van der Waals surface area contributed by atoms with Gasteiger partial charge in [0.15, 0.2) is 16.8 Å². The predicted molar refractivity (Wildman–Crippen MR) is 76.5 cm³/mol. The Balaban J connectivity index is 2.09. The first kappa shape index (κ1) is 15.2. The van der Waals surface area contributed by atoms with Crippen LogP contribution in [0.15, 0.2) is 29.8 Å². The Bertz CT molecular complexity index is 656. The maximum atomic E-state index is 11.3. The highest BCUT2D eigenvalue weighted by molar-refractivity contribution is 7.99. The molecule has 0 atom stereocenters. The zero-order chi connectivity index (χ0) is 15.2. The normalized spacial score (nSPS) is 10.4. The minimum Gasteiger partial charge on any atom is -0.465 e. The number of ether oxygens (including phenoxy) is 1. The molecule has 21 heavy (non-hydrogen) atoms. The molecule has 0 saturated carbocycles. The lowest BCUT2D eigenvalue weighted by molar-refractivity contribution is -0.139. The van der Waals surface area contributed by atoms with Gasteiger partial charge in [0.2, 0.25) is 0 Å². The molecule has 110 valence electrons. The number of carbonyl (C=O) groups excluding carboxylic acids is 2. The molecule has 0 unspecified atom stereocenters. The number of esters is 1. The van der Waals surface area contributed by atoms with Gasteiger partial charge in [0, 0.05) is 18.5 Å². The molecule has 0 aliphatic rings. The average Bonchev–Trinajstić information content (AvgIpc) is 2.96. The quantitative estimate of drug-likeness (QED) is 0.346. The molecule has 2 aromatic heterocycles. The van der Waals surface area contributed by atoms with Crippen LogP contribution in [0, 0.1) is 0 Å². The zero-order valence-electron chi connectivity index (χ0n) is 11.6. The highest BCUT2D eigenvalue weighted by Gasteiger charge is 2.09. The molecule has 0 saturated heterocycles. The van der Waals surface area contributed by atoms with Crippen molar-refractivity contribution in [3.8, 4) is 5.82 Å². The maximum absolute atomic E-state index is 11.3. The first-order chi connectivity index (χ1) is 10.1. The molecule has 0 aromatic carbocycles. The molecule has 0 bridgehead atoms. The van der Waals surface area contributed by atoms with Crippen molar-refractivity contribution >= 4 is 23.5 Å². The van der Waals surface area contributed by atoms with E-state index < -0.39 is 0 Å². The number of aromatic nitrogens is 4. The van der Waals surface area contributed by atoms with Gasteiger partial charge in [-0.3, -0.25) is 9.59 Å². The van der Waals surface area contributed by atoms with Crippen LogP contribution in [0.1, 0.15) is 24.2 Å². The number of hydrogen-bond acceptors (Lipinski definition) is 7. The van der Waals surface area contributed by atoms with Crippen LogP contribution in [-0.2, 0) is 9.53 Å². The van der Waals surface area contributed by atoms with Crippen molar-refractivity contribution in [1.29, 1.82) is 0 Å². The summed E-state index contributed by atoms with van der Waals surface area (Å²) in [6.45, 7) is 3.58. The van der Waals surface area contributed by atoms with Gasteiger partial charge in [-0.15, -0.1) is 0 Å². The topological polar surface area (TPSA) is 87.0 Å². The fraction of sp³-hybridized carbons (Fsp3) is 0.308. The molecule has 2 aromatic rings. The van der Waals surface area contributed by atoms with Gasteiger partial charge in [-0.25, -0.2) is 14.6 Å². The molecule has 2 rings (SSSR count). The van der Waals surface area contributed by atoms with Crippen LogP contribution >= 0.6 is 11.8 Å². The molecular formula is C13H14N4O3S. The summed E-state index contributed by atoms with van der Waals surface area (Å²) in [5.41, 5.74) is 0.509. The second-order valence-electron chi connectivity index (χ2n) is 4.02. The Morgan fingerprint density at radius 3 is 2.90 bits per heavy atom. The zero-order valence-corrected chi connectivity index (χ0v) is 12.5. The van der Waals surface area contributed by atoms with Crippen LogP contribution in [0.4, 0.5) is 0 Å². The lowest BCUT2D eigenvalue weighted by atomic mass is 10.3. The molecule has 8 heteroatoms. The fourth-order valence-corrected chi connectivity index (χ4v) is 2.11. The van der Waals surface area contributed by atoms with E-state index in [4.69, 9.17) is 4.74 Å². The van der Waals surface area contributed by atoms with E-state index in [9.17, 15) is 9.59 Å². The number of nitrogens with zero attached hydrogens (tertiary/aromatic N) is 4. The van der Waals surface area contributed by atoms with Gasteiger partial charge in [-0.1, -0.05) is 11.8 Å². The minimum atomic E-state index is -0.311. The van der Waals surface area contributed by atoms with Crippen molar-refractivity contribution in [2.24, 2.45) is 0 Å². The molecule has 0 amide bonds. The molecule has 2 heterocycles. The van der Waals surface area contributed by atoms with E-state index in [1.807, 2.05) is 0 Å². The second-order valence-corrected chi connectivity index (χ2v) is 4.96. The molecule has 0 aliphatic heterocycles. The number of thioether (sulfide) groups is 1. The van der Waals surface area contributed by atoms with Gasteiger partial charge in [0.1, 0.15) is 0 Å². The van der Waals surface area contributed by atoms with E-state index >= 15 is 0 Å². The third-order valence-electron chi connectivity index (χ3n) is 2.47. The number of hydrogen-bond donors (Lipinski definition) is 0. The van der Waals surface area contributed by atoms with Crippen molar-refractivity contribution in [1.82, 2.24) is 19.7 Å². The van der Waals surface area contributed by atoms with E-state index in [0.717, 1.165) is 0 Å². The molecule has 0 fully saturated rings. The van der Waals surface area contributed by atoms with Gasteiger partial charge in [-0.2, -0.15) is 5.10 Å². The minimum absolute atomic E-state index is 0.0628. The summed E-state index contributed by atoms with van der Waals surface area (Å²) in [5, 5.41) is 4.52. The van der Waals surface area contributed by atoms with Gasteiger partial charge >= 0.3 is 5.97 Å². The summed E-state index contributed by atoms with van der Waals surface area (Å²) in [5.74, 6) is 0.306. The van der Waals surface area contributed by atoms with E-state index in [1.54, 1.807) is 25.4 Å². The van der Waals surface area contributed by atoms with Crippen LogP contribution in [0.25, 0.3) is 5.82 Å². The summed E-state index contributed by atoms with van der Waals surface area (Å²) in [4.78, 5) is 30.9. The Kier molecular flexibility index (Phi) is 5.04. The van der Waals surface area contributed by atoms with Gasteiger partial charge in [0.05, 0.1) is 24.1 Å². The number of ketones is 1. The van der Waals surface area contributed by atoms with Gasteiger partial charge in [0.25, 0.3) is 0 Å². The molecule has 0 radical (unpaired) electrons. The van der Waals surface area contributed by atoms with Crippen molar-refractivity contribution in [3.63, 3.8) is 0 Å². The highest BCUT2D eigenvalue weighted by atomic mass is 32.2. The number of Topliss-reactive ketones (excluding diaryl/α,β-unsaturated/α-hetero) is 1. The smallest absolute Gasteiger partial charge is 0.316 e. The number of carbonyl (C=O) groups is 2. The van der Waals surface area contributed by atoms with Crippen molar-refractivity contribution in [2.75, 3.05) is 12.4 Å². The van der Waals surface area contributed by atoms with E-state index in [0.29, 0.717) is 23.1 Å². The Morgan fingerprint density at radius 1 is 1.43 bits per heavy atom. The molecular weight excluding hydrogens is 292 g/mol. The van der Waals surface area contributed by atoms with Crippen molar-refractivity contribution in [2.45, 2.75) is 19.0 Å². The Labute approximate surface area is 125 Å². The fourth-order valence-electron chi connectivity index (χ4n) is 1.48. The molecule has 7 nitrogen and oxygen atoms in total. The molecule has 0 N–H and O–H groups in total. The van der Waals surface area contributed by atoms with Crippen LogP contribution in [0.2, 0.25) is 0 Å². The van der Waals surface area contributed by atoms with Crippen LogP contribution in [0.3, 0.4) is 0 Å². The third kappa shape index (κ3) is 4.12. The Hall–Kier alpha value is -2.22. The lowest BCUT2D eigenvalue weighted by Crippen LogP contribution is -2.07. The second kappa shape index (κ2) is 6.98. The summed E-state index contributed by atoms with van der Waals surface area (Å²) < 4.78 is 6.33. The first-order valence-electron chi connectivity index (χ1n) is 6.27. The van der Waals surface area contributed by atoms with Crippen LogP contribution < -0.4 is 0 Å².